The quantitative estimate of drug-likeness (QED) is 0.762. The Labute approximate surface area is 153 Å². The number of rotatable bonds is 4. The lowest BCUT2D eigenvalue weighted by molar-refractivity contribution is -0.121. The Morgan fingerprint density at radius 1 is 1.15 bits per heavy atom. The molecule has 1 aliphatic heterocycles. The highest BCUT2D eigenvalue weighted by molar-refractivity contribution is 5.79. The van der Waals surface area contributed by atoms with Gasteiger partial charge in [-0.3, -0.25) is 9.78 Å². The van der Waals surface area contributed by atoms with Crippen molar-refractivity contribution in [3.05, 3.63) is 77.0 Å². The number of pyridine rings is 1. The number of aryl methyl sites for hydroxylation is 2. The highest BCUT2D eigenvalue weighted by atomic mass is 16.1. The summed E-state index contributed by atoms with van der Waals surface area (Å²) in [5.74, 6) is 0.0705. The van der Waals surface area contributed by atoms with Crippen molar-refractivity contribution < 1.29 is 4.79 Å². The van der Waals surface area contributed by atoms with Gasteiger partial charge in [0.2, 0.25) is 5.91 Å². The minimum absolute atomic E-state index is 0.0377. The van der Waals surface area contributed by atoms with Crippen LogP contribution >= 0.6 is 0 Å². The van der Waals surface area contributed by atoms with Crippen LogP contribution in [0, 0.1) is 6.92 Å². The lowest BCUT2D eigenvalue weighted by atomic mass is 9.93. The molecule has 2 N–H and O–H groups in total. The zero-order chi connectivity index (χ0) is 17.9. The molecule has 2 heterocycles. The van der Waals surface area contributed by atoms with Crippen LogP contribution in [0.15, 0.2) is 54.6 Å². The van der Waals surface area contributed by atoms with Crippen molar-refractivity contribution in [2.75, 3.05) is 6.54 Å². The number of carbonyl (C=O) groups is 1. The van der Waals surface area contributed by atoms with Crippen molar-refractivity contribution in [1.29, 1.82) is 0 Å². The van der Waals surface area contributed by atoms with Crippen LogP contribution in [0.3, 0.4) is 0 Å². The van der Waals surface area contributed by atoms with Gasteiger partial charge in [0.05, 0.1) is 11.6 Å². The average molecular weight is 345 g/mol. The van der Waals surface area contributed by atoms with Gasteiger partial charge < -0.3 is 10.6 Å². The molecule has 1 unspecified atom stereocenters. The standard InChI is InChI=1S/C22H23N3O/c1-15-5-4-7-18-19(15)13-23-14-21(18)25-22(26)12-11-17-10-9-16-6-2-3-8-20(16)24-17/h2-10,21,23H,11-14H2,1H3,(H,25,26). The number of benzene rings is 2. The summed E-state index contributed by atoms with van der Waals surface area (Å²) in [6, 6.07) is 18.5. The molecule has 26 heavy (non-hydrogen) atoms. The first-order chi connectivity index (χ1) is 12.7. The molecule has 4 heteroatoms. The first kappa shape index (κ1) is 16.7. The van der Waals surface area contributed by atoms with Crippen LogP contribution in [0.25, 0.3) is 10.9 Å². The van der Waals surface area contributed by atoms with Crippen LogP contribution in [-0.4, -0.2) is 17.4 Å². The minimum atomic E-state index is 0.0377. The maximum atomic E-state index is 12.5. The minimum Gasteiger partial charge on any atom is -0.348 e. The number of nitrogens with one attached hydrogen (secondary N) is 2. The molecule has 4 nitrogen and oxygen atoms in total. The molecule has 132 valence electrons. The molecule has 0 aliphatic carbocycles. The highest BCUT2D eigenvalue weighted by Crippen LogP contribution is 2.24. The Bertz CT molecular complexity index is 951. The van der Waals surface area contributed by atoms with E-state index in [9.17, 15) is 4.79 Å². The topological polar surface area (TPSA) is 54.0 Å². The van der Waals surface area contributed by atoms with E-state index in [4.69, 9.17) is 0 Å². The Balaban J connectivity index is 1.41. The van der Waals surface area contributed by atoms with E-state index in [1.807, 2.05) is 30.3 Å². The molecule has 3 aromatic rings. The smallest absolute Gasteiger partial charge is 0.220 e. The second-order valence-corrected chi connectivity index (χ2v) is 6.89. The maximum Gasteiger partial charge on any atom is 0.220 e. The molecular formula is C22H23N3O. The fraction of sp³-hybridized carbons (Fsp3) is 0.273. The monoisotopic (exact) mass is 345 g/mol. The molecular weight excluding hydrogens is 322 g/mol. The summed E-state index contributed by atoms with van der Waals surface area (Å²) in [4.78, 5) is 17.1. The Morgan fingerprint density at radius 2 is 2.04 bits per heavy atom. The summed E-state index contributed by atoms with van der Waals surface area (Å²) in [6.45, 7) is 3.77. The van der Waals surface area contributed by atoms with Gasteiger partial charge >= 0.3 is 0 Å². The van der Waals surface area contributed by atoms with Crippen molar-refractivity contribution in [2.24, 2.45) is 0 Å². The van der Waals surface area contributed by atoms with E-state index in [0.29, 0.717) is 12.8 Å². The molecule has 0 saturated carbocycles. The predicted molar refractivity (Wildman–Crippen MR) is 104 cm³/mol. The fourth-order valence-corrected chi connectivity index (χ4v) is 3.63. The normalized spacial score (nSPS) is 16.3. The Morgan fingerprint density at radius 3 is 2.96 bits per heavy atom. The summed E-state index contributed by atoms with van der Waals surface area (Å²) in [5, 5.41) is 7.71. The molecule has 1 atom stereocenters. The zero-order valence-corrected chi connectivity index (χ0v) is 15.0. The fourth-order valence-electron chi connectivity index (χ4n) is 3.63. The van der Waals surface area contributed by atoms with E-state index < -0.39 is 0 Å². The van der Waals surface area contributed by atoms with Crippen molar-refractivity contribution in [2.45, 2.75) is 32.4 Å². The molecule has 1 aliphatic rings. The highest BCUT2D eigenvalue weighted by Gasteiger charge is 2.22. The van der Waals surface area contributed by atoms with Gasteiger partial charge in [-0.2, -0.15) is 0 Å². The Hall–Kier alpha value is -2.72. The molecule has 4 rings (SSSR count). The van der Waals surface area contributed by atoms with Gasteiger partial charge in [0.25, 0.3) is 0 Å². The molecule has 1 aromatic heterocycles. The third kappa shape index (κ3) is 3.46. The van der Waals surface area contributed by atoms with E-state index in [0.717, 1.165) is 29.7 Å². The van der Waals surface area contributed by atoms with Crippen LogP contribution in [-0.2, 0) is 17.8 Å². The third-order valence-corrected chi connectivity index (χ3v) is 5.07. The predicted octanol–water partition coefficient (Wildman–Crippen LogP) is 3.44. The lowest BCUT2D eigenvalue weighted by Crippen LogP contribution is -2.39. The molecule has 0 spiro atoms. The second-order valence-electron chi connectivity index (χ2n) is 6.89. The molecule has 0 radical (unpaired) electrons. The number of fused-ring (bicyclic) bond motifs is 2. The molecule has 1 amide bonds. The van der Waals surface area contributed by atoms with Crippen molar-refractivity contribution in [3.8, 4) is 0 Å². The number of amides is 1. The van der Waals surface area contributed by atoms with Gasteiger partial charge in [0.15, 0.2) is 0 Å². The van der Waals surface area contributed by atoms with Gasteiger partial charge in [0.1, 0.15) is 0 Å². The number of nitrogens with zero attached hydrogens (tertiary/aromatic N) is 1. The summed E-state index contributed by atoms with van der Waals surface area (Å²) in [5.41, 5.74) is 5.75. The van der Waals surface area contributed by atoms with E-state index >= 15 is 0 Å². The van der Waals surface area contributed by atoms with Gasteiger partial charge in [0, 0.05) is 30.6 Å². The first-order valence-electron chi connectivity index (χ1n) is 9.14. The molecule has 0 fully saturated rings. The van der Waals surface area contributed by atoms with E-state index in [1.54, 1.807) is 0 Å². The van der Waals surface area contributed by atoms with Crippen LogP contribution in [0.1, 0.15) is 34.8 Å². The van der Waals surface area contributed by atoms with Crippen molar-refractivity contribution >= 4 is 16.8 Å². The van der Waals surface area contributed by atoms with E-state index in [-0.39, 0.29) is 11.9 Å². The largest absolute Gasteiger partial charge is 0.348 e. The van der Waals surface area contributed by atoms with E-state index in [2.05, 4.69) is 46.8 Å². The maximum absolute atomic E-state index is 12.5. The third-order valence-electron chi connectivity index (χ3n) is 5.07. The van der Waals surface area contributed by atoms with Crippen LogP contribution < -0.4 is 10.6 Å². The summed E-state index contributed by atoms with van der Waals surface area (Å²) >= 11 is 0. The van der Waals surface area contributed by atoms with Crippen LogP contribution in [0.2, 0.25) is 0 Å². The van der Waals surface area contributed by atoms with Gasteiger partial charge in [-0.15, -0.1) is 0 Å². The molecule has 0 bridgehead atoms. The lowest BCUT2D eigenvalue weighted by Gasteiger charge is -2.28. The van der Waals surface area contributed by atoms with Crippen molar-refractivity contribution in [3.63, 3.8) is 0 Å². The van der Waals surface area contributed by atoms with E-state index in [1.165, 1.54) is 16.7 Å². The van der Waals surface area contributed by atoms with Gasteiger partial charge in [-0.1, -0.05) is 42.5 Å². The molecule has 0 saturated heterocycles. The summed E-state index contributed by atoms with van der Waals surface area (Å²) in [6.07, 6.45) is 1.10. The van der Waals surface area contributed by atoms with Crippen molar-refractivity contribution in [1.82, 2.24) is 15.6 Å². The zero-order valence-electron chi connectivity index (χ0n) is 15.0. The van der Waals surface area contributed by atoms with Crippen LogP contribution in [0.4, 0.5) is 0 Å². The number of aromatic nitrogens is 1. The average Bonchev–Trinajstić information content (AvgIpc) is 2.67. The number of hydrogen-bond donors (Lipinski definition) is 2. The molecule has 2 aromatic carbocycles. The second kappa shape index (κ2) is 7.26. The van der Waals surface area contributed by atoms with Crippen LogP contribution in [0.5, 0.6) is 0 Å². The summed E-state index contributed by atoms with van der Waals surface area (Å²) < 4.78 is 0. The Kier molecular flexibility index (Phi) is 4.67. The van der Waals surface area contributed by atoms with Gasteiger partial charge in [-0.25, -0.2) is 0 Å². The number of hydrogen-bond acceptors (Lipinski definition) is 3. The van der Waals surface area contributed by atoms with Gasteiger partial charge in [-0.05, 0) is 42.2 Å². The SMILES string of the molecule is Cc1cccc2c1CNCC2NC(=O)CCc1ccc2ccccc2n1. The first-order valence-corrected chi connectivity index (χ1v) is 9.14. The summed E-state index contributed by atoms with van der Waals surface area (Å²) in [7, 11) is 0. The number of para-hydroxylation sites is 1. The number of carbonyl (C=O) groups excluding carboxylic acids is 1.